The minimum absolute atomic E-state index is 0.778. The Morgan fingerprint density at radius 2 is 0.840 bits per heavy atom. The molecule has 0 amide bonds. The van der Waals surface area contributed by atoms with Crippen LogP contribution in [0.3, 0.4) is 0 Å². The summed E-state index contributed by atoms with van der Waals surface area (Å²) in [5.74, 6) is 0.778. The van der Waals surface area contributed by atoms with Crippen LogP contribution in [-0.2, 0) is 0 Å². The molecule has 25 heavy (non-hydrogen) atoms. The molecule has 0 unspecified atom stereocenters. The molecule has 0 bridgehead atoms. The van der Waals surface area contributed by atoms with Gasteiger partial charge in [0, 0.05) is 0 Å². The number of nitrogens with two attached hydrogens (primary N) is 1. The highest BCUT2D eigenvalue weighted by atomic mass is 14.5. The second-order valence-electron chi connectivity index (χ2n) is 7.78. The van der Waals surface area contributed by atoms with Crippen molar-refractivity contribution in [1.82, 2.24) is 0 Å². The van der Waals surface area contributed by atoms with Crippen molar-refractivity contribution >= 4 is 0 Å². The molecule has 0 aliphatic heterocycles. The smallest absolute Gasteiger partial charge is 0.00489 e. The number of allylic oxidation sites excluding steroid dienone is 2. The zero-order valence-corrected chi connectivity index (χ0v) is 17.2. The first-order chi connectivity index (χ1) is 12.3. The van der Waals surface area contributed by atoms with Crippen molar-refractivity contribution in [1.29, 1.82) is 0 Å². The Labute approximate surface area is 159 Å². The predicted octanol–water partition coefficient (Wildman–Crippen LogP) is 7.96. The number of hydrogen-bond acceptors (Lipinski definition) is 1. The Kier molecular flexibility index (Phi) is 21.0. The maximum absolute atomic E-state index is 5.97. The van der Waals surface area contributed by atoms with Gasteiger partial charge in [0.2, 0.25) is 0 Å². The third-order valence-electron chi connectivity index (χ3n) is 5.37. The Bertz CT molecular complexity index is 245. The van der Waals surface area contributed by atoms with E-state index < -0.39 is 0 Å². The first-order valence-corrected chi connectivity index (χ1v) is 11.3. The molecule has 0 aromatic heterocycles. The molecule has 0 rings (SSSR count). The molecule has 1 nitrogen and oxygen atoms in total. The molecule has 0 heterocycles. The van der Waals surface area contributed by atoms with Crippen molar-refractivity contribution in [3.63, 3.8) is 0 Å². The fourth-order valence-corrected chi connectivity index (χ4v) is 3.59. The third kappa shape index (κ3) is 19.6. The van der Waals surface area contributed by atoms with Crippen LogP contribution in [0.25, 0.3) is 0 Å². The lowest BCUT2D eigenvalue weighted by Gasteiger charge is -2.14. The molecule has 0 aromatic rings. The molecule has 0 saturated heterocycles. The second-order valence-corrected chi connectivity index (χ2v) is 7.78. The number of hydrogen-bond donors (Lipinski definition) is 1. The van der Waals surface area contributed by atoms with Gasteiger partial charge in [-0.05, 0) is 51.0 Å². The number of rotatable bonds is 21. The monoisotopic (exact) mass is 349 g/mol. The maximum atomic E-state index is 5.97. The molecular formula is C24H47N. The molecule has 0 saturated carbocycles. The van der Waals surface area contributed by atoms with Gasteiger partial charge in [0.25, 0.3) is 0 Å². The van der Waals surface area contributed by atoms with Gasteiger partial charge in [-0.1, -0.05) is 89.2 Å². The van der Waals surface area contributed by atoms with Crippen LogP contribution in [0.15, 0.2) is 25.3 Å². The molecule has 1 heteroatoms. The van der Waals surface area contributed by atoms with Crippen molar-refractivity contribution in [2.24, 2.45) is 11.7 Å². The average Bonchev–Trinajstić information content (AvgIpc) is 2.63. The van der Waals surface area contributed by atoms with E-state index in [1.807, 2.05) is 12.2 Å². The van der Waals surface area contributed by atoms with Crippen molar-refractivity contribution in [2.75, 3.05) is 6.54 Å². The van der Waals surface area contributed by atoms with Gasteiger partial charge < -0.3 is 5.73 Å². The molecule has 148 valence electrons. The predicted molar refractivity (Wildman–Crippen MR) is 116 cm³/mol. The zero-order valence-electron chi connectivity index (χ0n) is 17.2. The molecule has 0 radical (unpaired) electrons. The summed E-state index contributed by atoms with van der Waals surface area (Å²) in [6, 6.07) is 0. The fraction of sp³-hybridized carbons (Fsp3) is 0.833. The van der Waals surface area contributed by atoms with Crippen molar-refractivity contribution in [3.8, 4) is 0 Å². The summed E-state index contributed by atoms with van der Waals surface area (Å²) < 4.78 is 0. The van der Waals surface area contributed by atoms with Gasteiger partial charge in [-0.3, -0.25) is 0 Å². The van der Waals surface area contributed by atoms with Crippen LogP contribution in [0.2, 0.25) is 0 Å². The van der Waals surface area contributed by atoms with Crippen molar-refractivity contribution < 1.29 is 0 Å². The highest BCUT2D eigenvalue weighted by Gasteiger charge is 2.06. The van der Waals surface area contributed by atoms with Crippen LogP contribution < -0.4 is 5.73 Å². The molecule has 0 atom stereocenters. The van der Waals surface area contributed by atoms with E-state index in [1.54, 1.807) is 0 Å². The summed E-state index contributed by atoms with van der Waals surface area (Å²) in [4.78, 5) is 0. The van der Waals surface area contributed by atoms with E-state index in [4.69, 9.17) is 5.73 Å². The van der Waals surface area contributed by atoms with Crippen LogP contribution in [0.4, 0.5) is 0 Å². The minimum Gasteiger partial charge on any atom is -0.330 e. The molecule has 0 aliphatic rings. The maximum Gasteiger partial charge on any atom is -0.00489 e. The normalized spacial score (nSPS) is 11.1. The summed E-state index contributed by atoms with van der Waals surface area (Å²) >= 11 is 0. The van der Waals surface area contributed by atoms with E-state index in [0.29, 0.717) is 0 Å². The fourth-order valence-electron chi connectivity index (χ4n) is 3.59. The summed E-state index contributed by atoms with van der Waals surface area (Å²) in [7, 11) is 0. The molecule has 2 N–H and O–H groups in total. The lowest BCUT2D eigenvalue weighted by atomic mass is 9.94. The Morgan fingerprint density at radius 1 is 0.520 bits per heavy atom. The van der Waals surface area contributed by atoms with Gasteiger partial charge in [0.05, 0.1) is 0 Å². The van der Waals surface area contributed by atoms with E-state index in [9.17, 15) is 0 Å². The first-order valence-electron chi connectivity index (χ1n) is 11.3. The largest absolute Gasteiger partial charge is 0.330 e. The summed E-state index contributed by atoms with van der Waals surface area (Å²) in [6.07, 6.45) is 28.6. The topological polar surface area (TPSA) is 26.0 Å². The van der Waals surface area contributed by atoms with Crippen molar-refractivity contribution in [3.05, 3.63) is 25.3 Å². The standard InChI is InChI=1S/C24H47N/c1-3-5-7-9-11-13-15-17-19-21-24(23-25)22-20-18-16-14-12-10-8-6-4-2/h3-4,24H,1-2,5-23,25H2. The number of unbranched alkanes of at least 4 members (excludes halogenated alkanes) is 14. The molecule has 0 fully saturated rings. The lowest BCUT2D eigenvalue weighted by molar-refractivity contribution is 0.410. The highest BCUT2D eigenvalue weighted by molar-refractivity contribution is 4.66. The minimum atomic E-state index is 0.778. The van der Waals surface area contributed by atoms with Gasteiger partial charge in [-0.15, -0.1) is 13.2 Å². The Morgan fingerprint density at radius 3 is 1.16 bits per heavy atom. The summed E-state index contributed by atoms with van der Waals surface area (Å²) in [5.41, 5.74) is 5.97. The molecule has 0 spiro atoms. The van der Waals surface area contributed by atoms with Gasteiger partial charge >= 0.3 is 0 Å². The third-order valence-corrected chi connectivity index (χ3v) is 5.37. The summed E-state index contributed by atoms with van der Waals surface area (Å²) in [6.45, 7) is 8.45. The van der Waals surface area contributed by atoms with Gasteiger partial charge in [0.1, 0.15) is 0 Å². The van der Waals surface area contributed by atoms with E-state index in [0.717, 1.165) is 12.5 Å². The highest BCUT2D eigenvalue weighted by Crippen LogP contribution is 2.18. The van der Waals surface area contributed by atoms with Gasteiger partial charge in [-0.25, -0.2) is 0 Å². The van der Waals surface area contributed by atoms with Crippen LogP contribution in [0.5, 0.6) is 0 Å². The van der Waals surface area contributed by atoms with Crippen LogP contribution in [0.1, 0.15) is 116 Å². The quantitative estimate of drug-likeness (QED) is 0.165. The Balaban J connectivity index is 3.30. The second kappa shape index (κ2) is 21.5. The van der Waals surface area contributed by atoms with E-state index >= 15 is 0 Å². The lowest BCUT2D eigenvalue weighted by Crippen LogP contribution is -2.14. The van der Waals surface area contributed by atoms with Crippen molar-refractivity contribution in [2.45, 2.75) is 116 Å². The van der Waals surface area contributed by atoms with Crippen LogP contribution in [0, 0.1) is 5.92 Å². The van der Waals surface area contributed by atoms with E-state index in [2.05, 4.69) is 13.2 Å². The molecule has 0 aromatic carbocycles. The zero-order chi connectivity index (χ0) is 18.4. The SMILES string of the molecule is C=CCCCCCCCCCC(CN)CCCCCCCCCC=C. The first kappa shape index (κ1) is 24.4. The van der Waals surface area contributed by atoms with E-state index in [-0.39, 0.29) is 0 Å². The molecular weight excluding hydrogens is 302 g/mol. The average molecular weight is 350 g/mol. The summed E-state index contributed by atoms with van der Waals surface area (Å²) in [5, 5.41) is 0. The Hall–Kier alpha value is -0.560. The van der Waals surface area contributed by atoms with Crippen LogP contribution in [-0.4, -0.2) is 6.54 Å². The van der Waals surface area contributed by atoms with E-state index in [1.165, 1.54) is 116 Å². The van der Waals surface area contributed by atoms with Gasteiger partial charge in [-0.2, -0.15) is 0 Å². The van der Waals surface area contributed by atoms with Crippen LogP contribution >= 0.6 is 0 Å². The molecule has 0 aliphatic carbocycles. The van der Waals surface area contributed by atoms with Gasteiger partial charge in [0.15, 0.2) is 0 Å².